The average Bonchev–Trinajstić information content (AvgIpc) is 3.30. The van der Waals surface area contributed by atoms with Crippen LogP contribution in [-0.2, 0) is 10.2 Å². The summed E-state index contributed by atoms with van der Waals surface area (Å²) < 4.78 is 7.37. The molecule has 0 saturated carbocycles. The summed E-state index contributed by atoms with van der Waals surface area (Å²) in [7, 11) is 0. The summed E-state index contributed by atoms with van der Waals surface area (Å²) >= 11 is 1.48. The van der Waals surface area contributed by atoms with Gasteiger partial charge in [-0.3, -0.25) is 4.79 Å². The van der Waals surface area contributed by atoms with E-state index in [4.69, 9.17) is 4.74 Å². The van der Waals surface area contributed by atoms with Crippen LogP contribution in [0, 0.1) is 13.8 Å². The molecule has 7 nitrogen and oxygen atoms in total. The first-order chi connectivity index (χ1) is 14.7. The molecule has 0 unspecified atom stereocenters. The van der Waals surface area contributed by atoms with Gasteiger partial charge in [-0.25, -0.2) is 0 Å². The van der Waals surface area contributed by atoms with E-state index in [9.17, 15) is 4.79 Å². The molecular formula is C23H25N5O2S. The lowest BCUT2D eigenvalue weighted by Crippen LogP contribution is -2.20. The van der Waals surface area contributed by atoms with Crippen LogP contribution in [0.4, 0.5) is 5.69 Å². The second kappa shape index (κ2) is 8.11. The molecule has 2 heterocycles. The number of rotatable bonds is 5. The Balaban J connectivity index is 1.39. The van der Waals surface area contributed by atoms with E-state index >= 15 is 0 Å². The van der Waals surface area contributed by atoms with Gasteiger partial charge in [0, 0.05) is 11.3 Å². The van der Waals surface area contributed by atoms with Gasteiger partial charge in [0.25, 0.3) is 5.91 Å². The molecule has 4 rings (SSSR count). The third kappa shape index (κ3) is 4.59. The molecule has 0 fully saturated rings. The number of fused-ring (bicyclic) bond motifs is 1. The third-order valence-electron chi connectivity index (χ3n) is 4.98. The second-order valence-electron chi connectivity index (χ2n) is 8.49. The van der Waals surface area contributed by atoms with Crippen LogP contribution in [0.3, 0.4) is 0 Å². The smallest absolute Gasteiger partial charge is 0.262 e. The van der Waals surface area contributed by atoms with Gasteiger partial charge in [0.15, 0.2) is 12.4 Å². The van der Waals surface area contributed by atoms with Crippen molar-refractivity contribution in [3.63, 3.8) is 0 Å². The maximum absolute atomic E-state index is 12.4. The number of nitrogens with zero attached hydrogens (tertiary/aromatic N) is 4. The van der Waals surface area contributed by atoms with Crippen LogP contribution in [-0.4, -0.2) is 32.3 Å². The molecule has 2 aromatic heterocycles. The number of ether oxygens (including phenoxy) is 1. The zero-order valence-corrected chi connectivity index (χ0v) is 19.1. The minimum absolute atomic E-state index is 0.0496. The Hall–Kier alpha value is -3.26. The van der Waals surface area contributed by atoms with Crippen molar-refractivity contribution in [3.05, 3.63) is 59.4 Å². The van der Waals surface area contributed by atoms with Crippen LogP contribution < -0.4 is 10.1 Å². The predicted octanol–water partition coefficient (Wildman–Crippen LogP) is 4.78. The van der Waals surface area contributed by atoms with E-state index in [0.29, 0.717) is 5.75 Å². The molecule has 4 aromatic rings. The van der Waals surface area contributed by atoms with Crippen molar-refractivity contribution >= 4 is 27.9 Å². The molecule has 0 aliphatic carbocycles. The van der Waals surface area contributed by atoms with Gasteiger partial charge >= 0.3 is 0 Å². The van der Waals surface area contributed by atoms with Crippen LogP contribution in [0.1, 0.15) is 37.7 Å². The summed E-state index contributed by atoms with van der Waals surface area (Å²) in [6, 6.07) is 13.7. The maximum Gasteiger partial charge on any atom is 0.262 e. The minimum atomic E-state index is -0.204. The molecule has 1 N–H and O–H groups in total. The number of amides is 1. The van der Waals surface area contributed by atoms with Crippen molar-refractivity contribution in [2.75, 3.05) is 11.9 Å². The van der Waals surface area contributed by atoms with Crippen LogP contribution in [0.25, 0.3) is 15.5 Å². The van der Waals surface area contributed by atoms with Crippen molar-refractivity contribution in [1.29, 1.82) is 0 Å². The first-order valence-electron chi connectivity index (χ1n) is 10.0. The Morgan fingerprint density at radius 2 is 1.84 bits per heavy atom. The Kier molecular flexibility index (Phi) is 5.49. The number of hydrogen-bond acceptors (Lipinski definition) is 6. The van der Waals surface area contributed by atoms with E-state index in [0.717, 1.165) is 32.6 Å². The lowest BCUT2D eigenvalue weighted by atomic mass is 9.87. The number of nitrogens with one attached hydrogen (secondary N) is 1. The molecule has 31 heavy (non-hydrogen) atoms. The van der Waals surface area contributed by atoms with Crippen molar-refractivity contribution in [2.24, 2.45) is 0 Å². The molecule has 8 heteroatoms. The number of aryl methyl sites for hydroxylation is 2. The highest BCUT2D eigenvalue weighted by Crippen LogP contribution is 2.29. The molecular weight excluding hydrogens is 410 g/mol. The molecule has 0 aliphatic rings. The fourth-order valence-corrected chi connectivity index (χ4v) is 4.04. The summed E-state index contributed by atoms with van der Waals surface area (Å²) in [6.45, 7) is 10.3. The van der Waals surface area contributed by atoms with Gasteiger partial charge in [0.2, 0.25) is 4.96 Å². The standard InChI is InChI=1S/C23H25N5O2S/c1-14-12-16(21-27-28-15(2)25-26-22(28)31-21)6-11-19(14)24-20(29)13-30-18-9-7-17(8-10-18)23(3,4)5/h6-12H,13H2,1-5H3,(H,24,29). The summed E-state index contributed by atoms with van der Waals surface area (Å²) in [4.78, 5) is 13.1. The average molecular weight is 436 g/mol. The van der Waals surface area contributed by atoms with Crippen molar-refractivity contribution < 1.29 is 9.53 Å². The summed E-state index contributed by atoms with van der Waals surface area (Å²) in [5.74, 6) is 1.23. The molecule has 0 aliphatic heterocycles. The van der Waals surface area contributed by atoms with E-state index < -0.39 is 0 Å². The number of anilines is 1. The van der Waals surface area contributed by atoms with Crippen LogP contribution >= 0.6 is 11.3 Å². The summed E-state index contributed by atoms with van der Waals surface area (Å²) in [6.07, 6.45) is 0. The Labute approximate surface area is 185 Å². The van der Waals surface area contributed by atoms with Gasteiger partial charge < -0.3 is 10.1 Å². The third-order valence-corrected chi connectivity index (χ3v) is 5.93. The zero-order chi connectivity index (χ0) is 22.2. The van der Waals surface area contributed by atoms with Crippen molar-refractivity contribution in [1.82, 2.24) is 19.8 Å². The highest BCUT2D eigenvalue weighted by molar-refractivity contribution is 7.19. The van der Waals surface area contributed by atoms with E-state index in [1.165, 1.54) is 16.9 Å². The van der Waals surface area contributed by atoms with Crippen LogP contribution in [0.15, 0.2) is 42.5 Å². The monoisotopic (exact) mass is 435 g/mol. The van der Waals surface area contributed by atoms with Crippen molar-refractivity contribution in [2.45, 2.75) is 40.0 Å². The van der Waals surface area contributed by atoms with Gasteiger partial charge in [0.05, 0.1) is 0 Å². The fraction of sp³-hybridized carbons (Fsp3) is 0.304. The van der Waals surface area contributed by atoms with E-state index in [1.807, 2.05) is 56.3 Å². The van der Waals surface area contributed by atoms with E-state index in [2.05, 4.69) is 41.4 Å². The largest absolute Gasteiger partial charge is 0.484 e. The highest BCUT2D eigenvalue weighted by atomic mass is 32.1. The normalized spacial score (nSPS) is 11.6. The molecule has 1 amide bonds. The van der Waals surface area contributed by atoms with Gasteiger partial charge in [0.1, 0.15) is 10.8 Å². The number of benzene rings is 2. The molecule has 0 atom stereocenters. The lowest BCUT2D eigenvalue weighted by molar-refractivity contribution is -0.118. The topological polar surface area (TPSA) is 81.4 Å². The van der Waals surface area contributed by atoms with Gasteiger partial charge in [-0.05, 0) is 60.7 Å². The lowest BCUT2D eigenvalue weighted by Gasteiger charge is -2.19. The fourth-order valence-electron chi connectivity index (χ4n) is 3.15. The Morgan fingerprint density at radius 1 is 1.10 bits per heavy atom. The first-order valence-corrected chi connectivity index (χ1v) is 10.9. The maximum atomic E-state index is 12.4. The van der Waals surface area contributed by atoms with E-state index in [-0.39, 0.29) is 17.9 Å². The minimum Gasteiger partial charge on any atom is -0.484 e. The first kappa shape index (κ1) is 21.0. The van der Waals surface area contributed by atoms with E-state index in [1.54, 1.807) is 4.52 Å². The SMILES string of the molecule is Cc1cc(-c2nn3c(C)nnc3s2)ccc1NC(=O)COc1ccc(C(C)(C)C)cc1. The predicted molar refractivity (Wildman–Crippen MR) is 123 cm³/mol. The summed E-state index contributed by atoms with van der Waals surface area (Å²) in [5.41, 5.74) is 3.97. The molecule has 160 valence electrons. The molecule has 0 saturated heterocycles. The molecule has 0 bridgehead atoms. The molecule has 0 spiro atoms. The zero-order valence-electron chi connectivity index (χ0n) is 18.3. The Bertz CT molecular complexity index is 1240. The molecule has 2 aromatic carbocycles. The van der Waals surface area contributed by atoms with Gasteiger partial charge in [-0.2, -0.15) is 9.61 Å². The van der Waals surface area contributed by atoms with Gasteiger partial charge in [-0.15, -0.1) is 10.2 Å². The number of hydrogen-bond donors (Lipinski definition) is 1. The highest BCUT2D eigenvalue weighted by Gasteiger charge is 2.14. The number of carbonyl (C=O) groups is 1. The quantitative estimate of drug-likeness (QED) is 0.488. The second-order valence-corrected chi connectivity index (χ2v) is 9.45. The van der Waals surface area contributed by atoms with Gasteiger partial charge in [-0.1, -0.05) is 44.2 Å². The van der Waals surface area contributed by atoms with Crippen LogP contribution in [0.2, 0.25) is 0 Å². The number of carbonyl (C=O) groups excluding carboxylic acids is 1. The summed E-state index contributed by atoms with van der Waals surface area (Å²) in [5, 5.41) is 16.5. The van der Waals surface area contributed by atoms with Crippen LogP contribution in [0.5, 0.6) is 5.75 Å². The Morgan fingerprint density at radius 3 is 2.48 bits per heavy atom. The number of aromatic nitrogens is 4. The van der Waals surface area contributed by atoms with Crippen molar-refractivity contribution in [3.8, 4) is 16.3 Å². The molecule has 0 radical (unpaired) electrons.